The van der Waals surface area contributed by atoms with Crippen molar-refractivity contribution in [3.8, 4) is 0 Å². The molecule has 116 valence electrons. The van der Waals surface area contributed by atoms with E-state index in [2.05, 4.69) is 60.3 Å². The molecule has 0 aromatic heterocycles. The van der Waals surface area contributed by atoms with Crippen molar-refractivity contribution in [2.24, 2.45) is 0 Å². The summed E-state index contributed by atoms with van der Waals surface area (Å²) in [7, 11) is 0. The fourth-order valence-electron chi connectivity index (χ4n) is 3.51. The van der Waals surface area contributed by atoms with E-state index in [1.807, 2.05) is 0 Å². The molecule has 1 aliphatic rings. The normalized spacial score (nSPS) is 14.9. The third-order valence-corrected chi connectivity index (χ3v) is 4.97. The van der Waals surface area contributed by atoms with Crippen LogP contribution in [0.4, 0.5) is 0 Å². The number of fused-ring (bicyclic) bond motifs is 1. The molecule has 2 rings (SSSR count). The quantitative estimate of drug-likeness (QED) is 0.462. The molecule has 0 heterocycles. The van der Waals surface area contributed by atoms with Gasteiger partial charge in [0.05, 0.1) is 0 Å². The molecule has 1 unspecified atom stereocenters. The summed E-state index contributed by atoms with van der Waals surface area (Å²) >= 11 is 2.34. The number of benzene rings is 1. The van der Waals surface area contributed by atoms with E-state index in [1.54, 1.807) is 33.4 Å². The predicted molar refractivity (Wildman–Crippen MR) is 75.7 cm³/mol. The van der Waals surface area contributed by atoms with E-state index in [9.17, 15) is 0 Å². The molecule has 0 N–H and O–H groups in total. The second-order valence-electron chi connectivity index (χ2n) is 4.99. The molecule has 21 heavy (non-hydrogen) atoms. The minimum Gasteiger partial charge on any atom is -1.00 e. The van der Waals surface area contributed by atoms with E-state index in [1.165, 1.54) is 25.7 Å². The van der Waals surface area contributed by atoms with Crippen LogP contribution in [0.5, 0.6) is 0 Å². The van der Waals surface area contributed by atoms with Gasteiger partial charge in [-0.3, -0.25) is 0 Å². The third-order valence-electron chi connectivity index (χ3n) is 4.21. The van der Waals surface area contributed by atoms with Gasteiger partial charge in [0.15, 0.2) is 0 Å². The second-order valence-corrected chi connectivity index (χ2v) is 5.96. The van der Waals surface area contributed by atoms with Gasteiger partial charge in [0, 0.05) is 0 Å². The van der Waals surface area contributed by atoms with Crippen LogP contribution >= 0.6 is 0 Å². The number of rotatable bonds is 4. The number of hydrogen-bond donors (Lipinski definition) is 0. The van der Waals surface area contributed by atoms with E-state index in [0.717, 1.165) is 0 Å². The summed E-state index contributed by atoms with van der Waals surface area (Å²) < 4.78 is 0.608. The molecule has 1 aromatic rings. The van der Waals surface area contributed by atoms with E-state index in [-0.39, 0.29) is 37.2 Å². The summed E-state index contributed by atoms with van der Waals surface area (Å²) in [5.41, 5.74) is 9.71. The first kappa shape index (κ1) is 23.8. The maximum atomic E-state index is 2.38. The smallest absolute Gasteiger partial charge is 1.00 e. The van der Waals surface area contributed by atoms with Crippen molar-refractivity contribution in [2.45, 2.75) is 57.6 Å². The van der Waals surface area contributed by atoms with Gasteiger partial charge in [-0.1, -0.05) is 0 Å². The Kier molecular flexibility index (Phi) is 11.7. The van der Waals surface area contributed by atoms with Crippen molar-refractivity contribution in [2.75, 3.05) is 0 Å². The molecule has 0 aliphatic heterocycles. The van der Waals surface area contributed by atoms with Gasteiger partial charge >= 0.3 is 124 Å². The van der Waals surface area contributed by atoms with Gasteiger partial charge in [-0.2, -0.15) is 0 Å². The molecule has 0 fully saturated rings. The van der Waals surface area contributed by atoms with Crippen LogP contribution in [0.1, 0.15) is 65.3 Å². The van der Waals surface area contributed by atoms with Gasteiger partial charge in [0.1, 0.15) is 0 Å². The van der Waals surface area contributed by atoms with Crippen molar-refractivity contribution in [3.05, 3.63) is 39.5 Å². The van der Waals surface area contributed by atoms with Crippen LogP contribution in [0.3, 0.4) is 0 Å². The summed E-state index contributed by atoms with van der Waals surface area (Å²) in [5, 5.41) is 0. The zero-order valence-corrected chi connectivity index (χ0v) is 17.0. The maximum absolute atomic E-state index is 2.38. The van der Waals surface area contributed by atoms with Crippen LogP contribution in [-0.4, -0.2) is 0 Å². The van der Waals surface area contributed by atoms with E-state index in [4.69, 9.17) is 0 Å². The van der Waals surface area contributed by atoms with E-state index < -0.39 is 0 Å². The standard InChI is InChI=1S/C17H23.3ClH.Ti/c1-5-12-13(6-2)15(8-4)17-11-9-10-16(17)14(12)7-3;;;;/h9-11H,5-8H2,1-4H3;3*1H;/q;;;;+3/p-3. The Morgan fingerprint density at radius 1 is 0.762 bits per heavy atom. The van der Waals surface area contributed by atoms with Gasteiger partial charge in [-0.25, -0.2) is 0 Å². The molecule has 0 amide bonds. The Labute approximate surface area is 160 Å². The molecule has 1 atom stereocenters. The van der Waals surface area contributed by atoms with Crippen molar-refractivity contribution in [1.82, 2.24) is 0 Å². The second kappa shape index (κ2) is 10.3. The zero-order chi connectivity index (χ0) is 13.3. The van der Waals surface area contributed by atoms with Crippen LogP contribution in [0, 0.1) is 0 Å². The summed E-state index contributed by atoms with van der Waals surface area (Å²) in [5.74, 6) is 0. The molecule has 0 saturated heterocycles. The molecular weight excluding hydrogens is 358 g/mol. The molecule has 0 bridgehead atoms. The summed E-state index contributed by atoms with van der Waals surface area (Å²) in [6.07, 6.45) is 9.45. The molecule has 1 aromatic carbocycles. The van der Waals surface area contributed by atoms with Gasteiger partial charge in [0.2, 0.25) is 0 Å². The van der Waals surface area contributed by atoms with Crippen LogP contribution in [0.2, 0.25) is 0 Å². The Bertz CT molecular complexity index is 496. The van der Waals surface area contributed by atoms with Crippen molar-refractivity contribution in [3.63, 3.8) is 0 Å². The van der Waals surface area contributed by atoms with Crippen LogP contribution in [-0.2, 0) is 46.1 Å². The predicted octanol–water partition coefficient (Wildman–Crippen LogP) is -4.44. The Balaban J connectivity index is 0. The molecular formula is C17H23Cl3Ti. The van der Waals surface area contributed by atoms with Crippen molar-refractivity contribution < 1.29 is 57.7 Å². The van der Waals surface area contributed by atoms with E-state index >= 15 is 0 Å². The number of allylic oxidation sites excluding steroid dienone is 1. The van der Waals surface area contributed by atoms with Crippen LogP contribution in [0.25, 0.3) is 6.08 Å². The van der Waals surface area contributed by atoms with Gasteiger partial charge in [-0.05, 0) is 0 Å². The number of hydrogen-bond acceptors (Lipinski definition) is 0. The first-order chi connectivity index (χ1) is 8.69. The van der Waals surface area contributed by atoms with Gasteiger partial charge < -0.3 is 37.2 Å². The van der Waals surface area contributed by atoms with Crippen LogP contribution in [0.15, 0.2) is 6.08 Å². The maximum Gasteiger partial charge on any atom is -1.00 e. The molecule has 0 radical (unpaired) electrons. The fourth-order valence-corrected chi connectivity index (χ4v) is 4.18. The van der Waals surface area contributed by atoms with Gasteiger partial charge in [0.25, 0.3) is 0 Å². The summed E-state index contributed by atoms with van der Waals surface area (Å²) in [4.78, 5) is 0. The average molecular weight is 382 g/mol. The summed E-state index contributed by atoms with van der Waals surface area (Å²) in [6.45, 7) is 9.23. The molecule has 0 nitrogen and oxygen atoms in total. The topological polar surface area (TPSA) is 0 Å². The largest absolute Gasteiger partial charge is 1.00 e. The molecule has 0 saturated carbocycles. The monoisotopic (exact) mass is 380 g/mol. The molecule has 0 spiro atoms. The summed E-state index contributed by atoms with van der Waals surface area (Å²) in [6, 6.07) is 0. The minimum absolute atomic E-state index is 0. The minimum atomic E-state index is 0. The first-order valence-electron chi connectivity index (χ1n) is 7.28. The van der Waals surface area contributed by atoms with Crippen molar-refractivity contribution >= 4 is 6.08 Å². The molecule has 4 heteroatoms. The van der Waals surface area contributed by atoms with Crippen LogP contribution < -0.4 is 37.2 Å². The van der Waals surface area contributed by atoms with E-state index in [0.29, 0.717) is 4.22 Å². The Morgan fingerprint density at radius 2 is 1.19 bits per heavy atom. The SMILES string of the molecule is CCc1c2c(c(CC)c(CC)c1CC)[CH]([Ti+3])C=C2.[Cl-].[Cl-].[Cl-]. The first-order valence-corrected chi connectivity index (χ1v) is 8.18. The molecule has 1 aliphatic carbocycles. The average Bonchev–Trinajstić information content (AvgIpc) is 2.77. The zero-order valence-electron chi connectivity index (χ0n) is 13.2. The third kappa shape index (κ3) is 4.09. The van der Waals surface area contributed by atoms with Gasteiger partial charge in [-0.15, -0.1) is 0 Å². The Hall–Kier alpha value is 0.544. The Morgan fingerprint density at radius 3 is 1.62 bits per heavy atom. The van der Waals surface area contributed by atoms with Crippen molar-refractivity contribution in [1.29, 1.82) is 0 Å². The fraction of sp³-hybridized carbons (Fsp3) is 0.529. The number of halogens is 3.